The van der Waals surface area contributed by atoms with Crippen molar-refractivity contribution in [3.8, 4) is 0 Å². The van der Waals surface area contributed by atoms with Crippen LogP contribution < -0.4 is 15.5 Å². The molecule has 3 N–H and O–H groups in total. The summed E-state index contributed by atoms with van der Waals surface area (Å²) in [5.41, 5.74) is 1.76. The number of amides is 4. The van der Waals surface area contributed by atoms with E-state index in [1.54, 1.807) is 34.1 Å². The van der Waals surface area contributed by atoms with E-state index in [0.29, 0.717) is 43.5 Å². The Morgan fingerprint density at radius 1 is 0.894 bits per heavy atom. The topological polar surface area (TPSA) is 136 Å². The summed E-state index contributed by atoms with van der Waals surface area (Å²) < 4.78 is 0. The number of carboxylic acid groups (broad SMARTS) is 1. The Kier molecular flexibility index (Phi) is 10.2. The summed E-state index contributed by atoms with van der Waals surface area (Å²) in [6, 6.07) is 25.0. The van der Waals surface area contributed by atoms with Crippen molar-refractivity contribution < 1.29 is 29.1 Å². The average Bonchev–Trinajstić information content (AvgIpc) is 3.65. The summed E-state index contributed by atoms with van der Waals surface area (Å²) in [5, 5.41) is 15.4. The lowest BCUT2D eigenvalue weighted by Gasteiger charge is -2.31. The fourth-order valence-corrected chi connectivity index (χ4v) is 6.74. The highest BCUT2D eigenvalue weighted by atomic mass is 16.4. The van der Waals surface area contributed by atoms with Crippen LogP contribution in [0.3, 0.4) is 0 Å². The molecule has 0 aromatic heterocycles. The van der Waals surface area contributed by atoms with E-state index in [9.17, 15) is 29.1 Å². The molecule has 2 fully saturated rings. The van der Waals surface area contributed by atoms with Crippen LogP contribution in [0.5, 0.6) is 0 Å². The Morgan fingerprint density at radius 3 is 2.09 bits per heavy atom. The van der Waals surface area contributed by atoms with Crippen molar-refractivity contribution in [2.45, 2.75) is 64.6 Å². The van der Waals surface area contributed by atoms with E-state index in [4.69, 9.17) is 0 Å². The maximum atomic E-state index is 14.1. The summed E-state index contributed by atoms with van der Waals surface area (Å²) in [4.78, 5) is 67.5. The van der Waals surface area contributed by atoms with Crippen LogP contribution in [0, 0.1) is 5.41 Å². The van der Waals surface area contributed by atoms with Gasteiger partial charge in [-0.3, -0.25) is 24.1 Å². The van der Waals surface area contributed by atoms with Crippen molar-refractivity contribution in [2.24, 2.45) is 5.41 Å². The molecule has 4 amide bonds. The fourth-order valence-electron chi connectivity index (χ4n) is 6.74. The zero-order valence-corrected chi connectivity index (χ0v) is 26.6. The SMILES string of the molecule is CC(=O)NCCC1(C(=O)N/C(=C\c2ccc(N3C(=O)C(Cc4ccccc4)N(C(C)=O)C3c3ccccc3)cc2)C(=O)O)CCCC1. The number of hydrogen-bond acceptors (Lipinski definition) is 5. The zero-order chi connectivity index (χ0) is 33.6. The fraction of sp³-hybridized carbons (Fsp3) is 0.324. The van der Waals surface area contributed by atoms with Gasteiger partial charge in [0.1, 0.15) is 17.9 Å². The molecule has 10 heteroatoms. The number of carbonyl (C=O) groups excluding carboxylic acids is 4. The third-order valence-corrected chi connectivity index (χ3v) is 9.08. The maximum absolute atomic E-state index is 14.1. The second-order valence-electron chi connectivity index (χ2n) is 12.3. The minimum absolute atomic E-state index is 0.181. The molecule has 1 heterocycles. The van der Waals surface area contributed by atoms with Crippen LogP contribution in [0.4, 0.5) is 5.69 Å². The van der Waals surface area contributed by atoms with Crippen molar-refractivity contribution in [1.82, 2.24) is 15.5 Å². The quantitative estimate of drug-likeness (QED) is 0.258. The number of rotatable bonds is 11. The van der Waals surface area contributed by atoms with Crippen molar-refractivity contribution in [2.75, 3.05) is 11.4 Å². The van der Waals surface area contributed by atoms with Crippen LogP contribution in [-0.2, 0) is 30.4 Å². The Hall–Kier alpha value is -5.25. The van der Waals surface area contributed by atoms with E-state index < -0.39 is 23.6 Å². The second kappa shape index (κ2) is 14.5. The lowest BCUT2D eigenvalue weighted by atomic mass is 9.81. The standard InChI is InChI=1S/C37H40N4O6/c1-25(42)38-22-21-37(19-9-10-20-37)36(47)39-31(35(45)46)23-28-15-17-30(18-16-28)41-33(29-13-7-4-8-14-29)40(26(2)43)32(34(41)44)24-27-11-5-3-6-12-27/h3-8,11-18,23,32-33H,9-10,19-22,24H2,1-2H3,(H,38,42)(H,39,47)(H,45,46)/b31-23-. The minimum atomic E-state index is -1.28. The first-order valence-electron chi connectivity index (χ1n) is 15.9. The van der Waals surface area contributed by atoms with Crippen molar-refractivity contribution in [3.05, 3.63) is 107 Å². The molecule has 0 spiro atoms. The molecular formula is C37H40N4O6. The van der Waals surface area contributed by atoms with Gasteiger partial charge in [-0.05, 0) is 54.2 Å². The Bertz CT molecular complexity index is 1650. The molecule has 0 radical (unpaired) electrons. The van der Waals surface area contributed by atoms with Gasteiger partial charge in [0, 0.05) is 32.5 Å². The molecule has 1 aliphatic heterocycles. The summed E-state index contributed by atoms with van der Waals surface area (Å²) in [7, 11) is 0. The number of hydrogen-bond donors (Lipinski definition) is 3. The molecule has 244 valence electrons. The maximum Gasteiger partial charge on any atom is 0.352 e. The van der Waals surface area contributed by atoms with Crippen LogP contribution in [0.25, 0.3) is 6.08 Å². The van der Waals surface area contributed by atoms with Crippen LogP contribution in [-0.4, -0.2) is 52.2 Å². The Balaban J connectivity index is 1.42. The van der Waals surface area contributed by atoms with Crippen LogP contribution >= 0.6 is 0 Å². The largest absolute Gasteiger partial charge is 0.477 e. The van der Waals surface area contributed by atoms with E-state index in [2.05, 4.69) is 10.6 Å². The van der Waals surface area contributed by atoms with Crippen molar-refractivity contribution in [3.63, 3.8) is 0 Å². The van der Waals surface area contributed by atoms with Gasteiger partial charge < -0.3 is 20.6 Å². The molecular weight excluding hydrogens is 596 g/mol. The highest BCUT2D eigenvalue weighted by Crippen LogP contribution is 2.42. The first-order valence-corrected chi connectivity index (χ1v) is 15.9. The van der Waals surface area contributed by atoms with E-state index in [1.807, 2.05) is 60.7 Å². The molecule has 3 aromatic carbocycles. The predicted molar refractivity (Wildman–Crippen MR) is 178 cm³/mol. The summed E-state index contributed by atoms with van der Waals surface area (Å²) >= 11 is 0. The molecule has 10 nitrogen and oxygen atoms in total. The smallest absolute Gasteiger partial charge is 0.352 e. The van der Waals surface area contributed by atoms with E-state index in [0.717, 1.165) is 24.0 Å². The molecule has 2 atom stereocenters. The van der Waals surface area contributed by atoms with E-state index in [-0.39, 0.29) is 29.3 Å². The monoisotopic (exact) mass is 636 g/mol. The molecule has 2 unspecified atom stereocenters. The van der Waals surface area contributed by atoms with Crippen LogP contribution in [0.1, 0.15) is 68.8 Å². The molecule has 47 heavy (non-hydrogen) atoms. The number of benzene rings is 3. The Morgan fingerprint density at radius 2 is 1.51 bits per heavy atom. The van der Waals surface area contributed by atoms with Gasteiger partial charge in [-0.15, -0.1) is 0 Å². The van der Waals surface area contributed by atoms with Gasteiger partial charge in [0.15, 0.2) is 0 Å². The highest BCUT2D eigenvalue weighted by Gasteiger charge is 2.48. The molecule has 0 bridgehead atoms. The predicted octanol–water partition coefficient (Wildman–Crippen LogP) is 4.82. The number of anilines is 1. The highest BCUT2D eigenvalue weighted by molar-refractivity contribution is 6.04. The van der Waals surface area contributed by atoms with Crippen molar-refractivity contribution >= 4 is 41.4 Å². The minimum Gasteiger partial charge on any atom is -0.477 e. The van der Waals surface area contributed by atoms with Gasteiger partial charge in [-0.1, -0.05) is 85.6 Å². The normalized spacial score (nSPS) is 19.0. The molecule has 1 aliphatic carbocycles. The third kappa shape index (κ3) is 7.43. The molecule has 2 aliphatic rings. The van der Waals surface area contributed by atoms with Gasteiger partial charge in [0.05, 0.1) is 5.41 Å². The molecule has 1 saturated carbocycles. The van der Waals surface area contributed by atoms with Crippen LogP contribution in [0.15, 0.2) is 90.6 Å². The summed E-state index contributed by atoms with van der Waals surface area (Å²) in [6.07, 6.45) is 4.44. The Labute approximate surface area is 274 Å². The zero-order valence-electron chi connectivity index (χ0n) is 26.6. The molecule has 5 rings (SSSR count). The van der Waals surface area contributed by atoms with Gasteiger partial charge >= 0.3 is 5.97 Å². The summed E-state index contributed by atoms with van der Waals surface area (Å²) in [6.45, 7) is 3.22. The molecule has 3 aromatic rings. The van der Waals surface area contributed by atoms with E-state index >= 15 is 0 Å². The van der Waals surface area contributed by atoms with Gasteiger partial charge in [0.2, 0.25) is 17.7 Å². The first-order chi connectivity index (χ1) is 22.6. The average molecular weight is 637 g/mol. The van der Waals surface area contributed by atoms with Crippen LogP contribution in [0.2, 0.25) is 0 Å². The van der Waals surface area contributed by atoms with E-state index in [1.165, 1.54) is 19.9 Å². The number of carbonyl (C=O) groups is 5. The lowest BCUT2D eigenvalue weighted by molar-refractivity contribution is -0.137. The lowest BCUT2D eigenvalue weighted by Crippen LogP contribution is -2.42. The molecule has 1 saturated heterocycles. The number of nitrogens with zero attached hydrogens (tertiary/aromatic N) is 2. The van der Waals surface area contributed by atoms with Gasteiger partial charge in [0.25, 0.3) is 5.91 Å². The first kappa shape index (κ1) is 33.1. The number of aliphatic carboxylic acids is 1. The third-order valence-electron chi connectivity index (χ3n) is 9.08. The summed E-state index contributed by atoms with van der Waals surface area (Å²) in [5.74, 6) is -2.28. The number of carboxylic acids is 1. The van der Waals surface area contributed by atoms with Gasteiger partial charge in [-0.25, -0.2) is 4.79 Å². The van der Waals surface area contributed by atoms with Gasteiger partial charge in [-0.2, -0.15) is 0 Å². The second-order valence-corrected chi connectivity index (χ2v) is 12.3. The van der Waals surface area contributed by atoms with Crippen molar-refractivity contribution in [1.29, 1.82) is 0 Å². The number of nitrogens with one attached hydrogen (secondary N) is 2.